The normalized spacial score (nSPS) is 10.8. The maximum absolute atomic E-state index is 11.1. The summed E-state index contributed by atoms with van der Waals surface area (Å²) in [6.45, 7) is 1.64. The molecular formula is C15H19N3O2S. The van der Waals surface area contributed by atoms with Crippen molar-refractivity contribution in [2.75, 3.05) is 26.0 Å². The highest BCUT2D eigenvalue weighted by Gasteiger charge is 2.14. The highest BCUT2D eigenvalue weighted by atomic mass is 32.1. The first-order valence-electron chi connectivity index (χ1n) is 6.76. The number of likely N-dealkylation sites (N-methyl/N-ethyl adjacent to an activating group) is 1. The number of anilines is 1. The van der Waals surface area contributed by atoms with Crippen molar-refractivity contribution in [1.29, 1.82) is 0 Å². The van der Waals surface area contributed by atoms with E-state index in [0.29, 0.717) is 12.2 Å². The van der Waals surface area contributed by atoms with Crippen LogP contribution in [0.2, 0.25) is 0 Å². The van der Waals surface area contributed by atoms with Gasteiger partial charge >= 0.3 is 0 Å². The molecule has 0 saturated heterocycles. The number of benzene rings is 1. The second kappa shape index (κ2) is 7.19. The Bertz CT molecular complexity index is 599. The SMILES string of the molecule is CNc1ccc(CN(C)CCc2cccs2)cc1[N+](=O)[O-]. The third-order valence-corrected chi connectivity index (χ3v) is 4.24. The summed E-state index contributed by atoms with van der Waals surface area (Å²) in [4.78, 5) is 14.2. The topological polar surface area (TPSA) is 58.4 Å². The van der Waals surface area contributed by atoms with E-state index in [-0.39, 0.29) is 10.6 Å². The molecule has 0 aliphatic carbocycles. The lowest BCUT2D eigenvalue weighted by Crippen LogP contribution is -2.20. The first-order valence-corrected chi connectivity index (χ1v) is 7.64. The monoisotopic (exact) mass is 305 g/mol. The van der Waals surface area contributed by atoms with E-state index >= 15 is 0 Å². The van der Waals surface area contributed by atoms with Crippen molar-refractivity contribution in [3.05, 3.63) is 56.3 Å². The standard InChI is InChI=1S/C15H19N3O2S/c1-16-14-6-5-12(10-15(14)18(19)20)11-17(2)8-7-13-4-3-9-21-13/h3-6,9-10,16H,7-8,11H2,1-2H3. The lowest BCUT2D eigenvalue weighted by atomic mass is 10.1. The molecule has 0 unspecified atom stereocenters. The largest absolute Gasteiger partial charge is 0.383 e. The first-order chi connectivity index (χ1) is 10.1. The molecule has 1 aromatic heterocycles. The van der Waals surface area contributed by atoms with Gasteiger partial charge in [0.2, 0.25) is 0 Å². The fourth-order valence-corrected chi connectivity index (χ4v) is 2.88. The van der Waals surface area contributed by atoms with Gasteiger partial charge in [-0.3, -0.25) is 10.1 Å². The highest BCUT2D eigenvalue weighted by Crippen LogP contribution is 2.25. The van der Waals surface area contributed by atoms with Gasteiger partial charge in [0.15, 0.2) is 0 Å². The van der Waals surface area contributed by atoms with Gasteiger partial charge in [0.25, 0.3) is 5.69 Å². The van der Waals surface area contributed by atoms with Crippen LogP contribution in [0.5, 0.6) is 0 Å². The van der Waals surface area contributed by atoms with Crippen LogP contribution in [-0.4, -0.2) is 30.5 Å². The van der Waals surface area contributed by atoms with Crippen LogP contribution in [0, 0.1) is 10.1 Å². The molecule has 2 rings (SSSR count). The van der Waals surface area contributed by atoms with Gasteiger partial charge in [0.05, 0.1) is 4.92 Å². The highest BCUT2D eigenvalue weighted by molar-refractivity contribution is 7.09. The molecule has 6 heteroatoms. The number of thiophene rings is 1. The lowest BCUT2D eigenvalue weighted by molar-refractivity contribution is -0.384. The maximum atomic E-state index is 11.1. The molecular weight excluding hydrogens is 286 g/mol. The molecule has 112 valence electrons. The molecule has 1 N–H and O–H groups in total. The van der Waals surface area contributed by atoms with Crippen LogP contribution in [0.1, 0.15) is 10.4 Å². The average molecular weight is 305 g/mol. The molecule has 0 amide bonds. The zero-order valence-electron chi connectivity index (χ0n) is 12.2. The van der Waals surface area contributed by atoms with E-state index in [2.05, 4.69) is 27.7 Å². The summed E-state index contributed by atoms with van der Waals surface area (Å²) < 4.78 is 0. The summed E-state index contributed by atoms with van der Waals surface area (Å²) in [5.41, 5.74) is 1.63. The average Bonchev–Trinajstić information content (AvgIpc) is 2.98. The third kappa shape index (κ3) is 4.27. The van der Waals surface area contributed by atoms with E-state index in [1.54, 1.807) is 30.5 Å². The summed E-state index contributed by atoms with van der Waals surface area (Å²) in [5, 5.41) is 16.0. The smallest absolute Gasteiger partial charge is 0.292 e. The number of rotatable bonds is 7. The van der Waals surface area contributed by atoms with Crippen molar-refractivity contribution in [3.8, 4) is 0 Å². The fourth-order valence-electron chi connectivity index (χ4n) is 2.18. The molecule has 0 saturated carbocycles. The van der Waals surface area contributed by atoms with Gasteiger partial charge in [0.1, 0.15) is 5.69 Å². The predicted octanol–water partition coefficient (Wildman–Crippen LogP) is 3.37. The number of nitro groups is 1. The minimum absolute atomic E-state index is 0.127. The molecule has 21 heavy (non-hydrogen) atoms. The van der Waals surface area contributed by atoms with Crippen molar-refractivity contribution < 1.29 is 4.92 Å². The minimum Gasteiger partial charge on any atom is -0.383 e. The van der Waals surface area contributed by atoms with Gasteiger partial charge < -0.3 is 10.2 Å². The molecule has 5 nitrogen and oxygen atoms in total. The van der Waals surface area contributed by atoms with E-state index in [1.807, 2.05) is 13.1 Å². The Balaban J connectivity index is 1.98. The van der Waals surface area contributed by atoms with Gasteiger partial charge in [-0.25, -0.2) is 0 Å². The number of nitrogens with zero attached hydrogens (tertiary/aromatic N) is 2. The molecule has 0 aliphatic heterocycles. The van der Waals surface area contributed by atoms with Crippen LogP contribution in [0.4, 0.5) is 11.4 Å². The van der Waals surface area contributed by atoms with Crippen LogP contribution >= 0.6 is 11.3 Å². The number of hydrogen-bond acceptors (Lipinski definition) is 5. The van der Waals surface area contributed by atoms with Crippen LogP contribution < -0.4 is 5.32 Å². The van der Waals surface area contributed by atoms with Gasteiger partial charge in [-0.1, -0.05) is 12.1 Å². The second-order valence-corrected chi connectivity index (χ2v) is 5.96. The summed E-state index contributed by atoms with van der Waals surface area (Å²) in [6, 6.07) is 9.53. The van der Waals surface area contributed by atoms with E-state index in [9.17, 15) is 10.1 Å². The minimum atomic E-state index is -0.346. The molecule has 0 radical (unpaired) electrons. The molecule has 1 aromatic carbocycles. The van der Waals surface area contributed by atoms with Gasteiger partial charge in [0, 0.05) is 31.1 Å². The quantitative estimate of drug-likeness (QED) is 0.629. The summed E-state index contributed by atoms with van der Waals surface area (Å²) in [7, 11) is 3.72. The van der Waals surface area contributed by atoms with Gasteiger partial charge in [-0.2, -0.15) is 0 Å². The summed E-state index contributed by atoms with van der Waals surface area (Å²) in [6.07, 6.45) is 1.00. The van der Waals surface area contributed by atoms with Crippen molar-refractivity contribution in [3.63, 3.8) is 0 Å². The van der Waals surface area contributed by atoms with Crippen LogP contribution in [-0.2, 0) is 13.0 Å². The zero-order chi connectivity index (χ0) is 15.2. The Hall–Kier alpha value is -1.92. The van der Waals surface area contributed by atoms with Crippen LogP contribution in [0.25, 0.3) is 0 Å². The lowest BCUT2D eigenvalue weighted by Gasteiger charge is -2.16. The van der Waals surface area contributed by atoms with Crippen molar-refractivity contribution >= 4 is 22.7 Å². The van der Waals surface area contributed by atoms with Crippen LogP contribution in [0.3, 0.4) is 0 Å². The van der Waals surface area contributed by atoms with Crippen LogP contribution in [0.15, 0.2) is 35.7 Å². The third-order valence-electron chi connectivity index (χ3n) is 3.30. The molecule has 1 heterocycles. The molecule has 2 aromatic rings. The second-order valence-electron chi connectivity index (χ2n) is 4.93. The van der Waals surface area contributed by atoms with Crippen molar-refractivity contribution in [2.45, 2.75) is 13.0 Å². The van der Waals surface area contributed by atoms with E-state index in [1.165, 1.54) is 4.88 Å². The van der Waals surface area contributed by atoms with E-state index in [4.69, 9.17) is 0 Å². The zero-order valence-corrected chi connectivity index (χ0v) is 13.0. The molecule has 0 atom stereocenters. The Labute approximate surface area is 128 Å². The van der Waals surface area contributed by atoms with E-state index < -0.39 is 0 Å². The Morgan fingerprint density at radius 2 is 2.19 bits per heavy atom. The molecule has 0 spiro atoms. The summed E-state index contributed by atoms with van der Waals surface area (Å²) >= 11 is 1.76. The van der Waals surface area contributed by atoms with E-state index in [0.717, 1.165) is 18.5 Å². The summed E-state index contributed by atoms with van der Waals surface area (Å²) in [5.74, 6) is 0. The predicted molar refractivity (Wildman–Crippen MR) is 87.0 cm³/mol. The molecule has 0 aliphatic rings. The Morgan fingerprint density at radius 3 is 2.81 bits per heavy atom. The Morgan fingerprint density at radius 1 is 1.38 bits per heavy atom. The molecule has 0 fully saturated rings. The van der Waals surface area contributed by atoms with Crippen molar-refractivity contribution in [2.24, 2.45) is 0 Å². The van der Waals surface area contributed by atoms with Gasteiger partial charge in [-0.15, -0.1) is 11.3 Å². The number of hydrogen-bond donors (Lipinski definition) is 1. The van der Waals surface area contributed by atoms with Crippen molar-refractivity contribution in [1.82, 2.24) is 4.90 Å². The Kier molecular flexibility index (Phi) is 5.30. The number of nitrogens with one attached hydrogen (secondary N) is 1. The maximum Gasteiger partial charge on any atom is 0.292 e. The van der Waals surface area contributed by atoms with Gasteiger partial charge in [-0.05, 0) is 36.5 Å². The number of nitro benzene ring substituents is 1. The molecule has 0 bridgehead atoms. The fraction of sp³-hybridized carbons (Fsp3) is 0.333. The first kappa shape index (κ1) is 15.5.